The van der Waals surface area contributed by atoms with Gasteiger partial charge in [-0.05, 0) is 37.5 Å². The first-order valence-corrected chi connectivity index (χ1v) is 6.21. The molecule has 0 bridgehead atoms. The molecule has 0 rings (SSSR count). The molecule has 0 aliphatic carbocycles. The van der Waals surface area contributed by atoms with Gasteiger partial charge in [-0.1, -0.05) is 27.7 Å². The van der Waals surface area contributed by atoms with Crippen LogP contribution in [0.15, 0.2) is 0 Å². The Labute approximate surface area is 95.0 Å². The molecule has 2 heteroatoms. The number of hydrogen-bond donors (Lipinski definition) is 1. The summed E-state index contributed by atoms with van der Waals surface area (Å²) in [5, 5.41) is 9.57. The Kier molecular flexibility index (Phi) is 8.07. The Balaban J connectivity index is 3.55. The molecule has 0 saturated carbocycles. The van der Waals surface area contributed by atoms with Crippen LogP contribution in [0.2, 0.25) is 0 Å². The maximum atomic E-state index is 9.57. The predicted molar refractivity (Wildman–Crippen MR) is 64.9 cm³/mol. The molecule has 2 atom stereocenters. The summed E-state index contributed by atoms with van der Waals surface area (Å²) in [6.45, 7) is 12.2. The molecule has 0 heterocycles. The van der Waals surface area contributed by atoms with Gasteiger partial charge in [0.25, 0.3) is 0 Å². The monoisotopic (exact) mass is 216 g/mol. The number of ether oxygens (including phenoxy) is 1. The highest BCUT2D eigenvalue weighted by Crippen LogP contribution is 2.19. The maximum absolute atomic E-state index is 9.57. The van der Waals surface area contributed by atoms with Crippen LogP contribution in [0.4, 0.5) is 0 Å². The average Bonchev–Trinajstić information content (AvgIpc) is 2.08. The third-order valence-electron chi connectivity index (χ3n) is 2.91. The molecule has 0 aromatic heterocycles. The molecule has 0 amide bonds. The van der Waals surface area contributed by atoms with Gasteiger partial charge in [-0.15, -0.1) is 0 Å². The first-order valence-electron chi connectivity index (χ1n) is 6.21. The van der Waals surface area contributed by atoms with Crippen LogP contribution >= 0.6 is 0 Å². The molecule has 1 N–H and O–H groups in total. The first kappa shape index (κ1) is 14.9. The largest absolute Gasteiger partial charge is 0.393 e. The van der Waals surface area contributed by atoms with Crippen molar-refractivity contribution in [1.82, 2.24) is 0 Å². The Morgan fingerprint density at radius 1 is 0.933 bits per heavy atom. The lowest BCUT2D eigenvalue weighted by Gasteiger charge is -2.23. The standard InChI is InChI=1S/C13H28O2/c1-10(2)6-8-15-9-7-13(11(3)4)12(5)14/h10-14H,6-9H2,1-5H3. The molecule has 2 unspecified atom stereocenters. The van der Waals surface area contributed by atoms with E-state index in [1.807, 2.05) is 6.92 Å². The van der Waals surface area contributed by atoms with Gasteiger partial charge in [-0.3, -0.25) is 0 Å². The van der Waals surface area contributed by atoms with E-state index in [-0.39, 0.29) is 6.10 Å². The third-order valence-corrected chi connectivity index (χ3v) is 2.91. The highest BCUT2D eigenvalue weighted by molar-refractivity contribution is 4.68. The molecule has 2 nitrogen and oxygen atoms in total. The number of rotatable bonds is 8. The van der Waals surface area contributed by atoms with E-state index >= 15 is 0 Å². The van der Waals surface area contributed by atoms with Crippen LogP contribution in [0.25, 0.3) is 0 Å². The van der Waals surface area contributed by atoms with Gasteiger partial charge in [0, 0.05) is 13.2 Å². The molecule has 0 saturated heterocycles. The molecular formula is C13H28O2. The molecule has 0 fully saturated rings. The number of aliphatic hydroxyl groups excluding tert-OH is 1. The third kappa shape index (κ3) is 7.80. The molecule has 0 spiro atoms. The van der Waals surface area contributed by atoms with Gasteiger partial charge in [-0.2, -0.15) is 0 Å². The summed E-state index contributed by atoms with van der Waals surface area (Å²) in [5.74, 6) is 1.60. The second-order valence-corrected chi connectivity index (χ2v) is 5.23. The molecular weight excluding hydrogens is 188 g/mol. The molecule has 15 heavy (non-hydrogen) atoms. The van der Waals surface area contributed by atoms with Crippen molar-refractivity contribution in [2.45, 2.75) is 53.6 Å². The van der Waals surface area contributed by atoms with Crippen LogP contribution in [-0.4, -0.2) is 24.4 Å². The zero-order chi connectivity index (χ0) is 11.8. The summed E-state index contributed by atoms with van der Waals surface area (Å²) in [6, 6.07) is 0. The lowest BCUT2D eigenvalue weighted by atomic mass is 9.88. The quantitative estimate of drug-likeness (QED) is 0.632. The van der Waals surface area contributed by atoms with Crippen LogP contribution in [0.1, 0.15) is 47.5 Å². The minimum absolute atomic E-state index is 0.223. The molecule has 0 aliphatic heterocycles. The van der Waals surface area contributed by atoms with E-state index in [0.29, 0.717) is 17.8 Å². The highest BCUT2D eigenvalue weighted by atomic mass is 16.5. The smallest absolute Gasteiger partial charge is 0.0543 e. The fourth-order valence-electron chi connectivity index (χ4n) is 1.77. The summed E-state index contributed by atoms with van der Waals surface area (Å²) >= 11 is 0. The van der Waals surface area contributed by atoms with E-state index in [0.717, 1.165) is 26.1 Å². The van der Waals surface area contributed by atoms with Gasteiger partial charge in [0.15, 0.2) is 0 Å². The lowest BCUT2D eigenvalue weighted by molar-refractivity contribution is 0.0523. The topological polar surface area (TPSA) is 29.5 Å². The zero-order valence-electron chi connectivity index (χ0n) is 11.0. The van der Waals surface area contributed by atoms with E-state index in [2.05, 4.69) is 27.7 Å². The van der Waals surface area contributed by atoms with Crippen molar-refractivity contribution in [3.05, 3.63) is 0 Å². The Bertz CT molecular complexity index is 133. The van der Waals surface area contributed by atoms with Crippen LogP contribution in [0.5, 0.6) is 0 Å². The van der Waals surface area contributed by atoms with Crippen molar-refractivity contribution in [2.75, 3.05) is 13.2 Å². The molecule has 0 aromatic carbocycles. The van der Waals surface area contributed by atoms with Crippen molar-refractivity contribution >= 4 is 0 Å². The molecule has 92 valence electrons. The minimum Gasteiger partial charge on any atom is -0.393 e. The van der Waals surface area contributed by atoms with E-state index in [1.54, 1.807) is 0 Å². The van der Waals surface area contributed by atoms with Crippen molar-refractivity contribution in [3.63, 3.8) is 0 Å². The second kappa shape index (κ2) is 8.12. The van der Waals surface area contributed by atoms with E-state index in [1.165, 1.54) is 0 Å². The predicted octanol–water partition coefficient (Wildman–Crippen LogP) is 3.09. The summed E-state index contributed by atoms with van der Waals surface area (Å²) in [5.41, 5.74) is 0. The number of aliphatic hydroxyl groups is 1. The van der Waals surface area contributed by atoms with Crippen LogP contribution in [0.3, 0.4) is 0 Å². The Hall–Kier alpha value is -0.0800. The van der Waals surface area contributed by atoms with Gasteiger partial charge in [0.2, 0.25) is 0 Å². The minimum atomic E-state index is -0.223. The lowest BCUT2D eigenvalue weighted by Crippen LogP contribution is -2.24. The molecule has 0 aromatic rings. The van der Waals surface area contributed by atoms with Gasteiger partial charge in [-0.25, -0.2) is 0 Å². The maximum Gasteiger partial charge on any atom is 0.0543 e. The van der Waals surface area contributed by atoms with Crippen LogP contribution in [0, 0.1) is 17.8 Å². The fraction of sp³-hybridized carbons (Fsp3) is 1.00. The highest BCUT2D eigenvalue weighted by Gasteiger charge is 2.18. The van der Waals surface area contributed by atoms with E-state index < -0.39 is 0 Å². The van der Waals surface area contributed by atoms with Crippen molar-refractivity contribution in [2.24, 2.45) is 17.8 Å². The van der Waals surface area contributed by atoms with Crippen LogP contribution in [-0.2, 0) is 4.74 Å². The fourth-order valence-corrected chi connectivity index (χ4v) is 1.77. The Morgan fingerprint density at radius 2 is 1.47 bits per heavy atom. The SMILES string of the molecule is CC(C)CCOCCC(C(C)C)C(C)O. The molecule has 0 radical (unpaired) electrons. The van der Waals surface area contributed by atoms with Gasteiger partial charge >= 0.3 is 0 Å². The Morgan fingerprint density at radius 3 is 1.87 bits per heavy atom. The summed E-state index contributed by atoms with van der Waals surface area (Å²) in [6.07, 6.45) is 1.87. The van der Waals surface area contributed by atoms with Crippen molar-refractivity contribution in [3.8, 4) is 0 Å². The van der Waals surface area contributed by atoms with Gasteiger partial charge in [0.1, 0.15) is 0 Å². The second-order valence-electron chi connectivity index (χ2n) is 5.23. The van der Waals surface area contributed by atoms with Crippen LogP contribution < -0.4 is 0 Å². The van der Waals surface area contributed by atoms with E-state index in [9.17, 15) is 5.11 Å². The normalized spacial score (nSPS) is 16.0. The summed E-state index contributed by atoms with van der Waals surface area (Å²) in [7, 11) is 0. The van der Waals surface area contributed by atoms with Crippen molar-refractivity contribution < 1.29 is 9.84 Å². The van der Waals surface area contributed by atoms with Crippen molar-refractivity contribution in [1.29, 1.82) is 0 Å². The van der Waals surface area contributed by atoms with Gasteiger partial charge < -0.3 is 9.84 Å². The van der Waals surface area contributed by atoms with E-state index in [4.69, 9.17) is 4.74 Å². The first-order chi connectivity index (χ1) is 6.95. The summed E-state index contributed by atoms with van der Waals surface area (Å²) < 4.78 is 5.56. The zero-order valence-corrected chi connectivity index (χ0v) is 11.0. The summed E-state index contributed by atoms with van der Waals surface area (Å²) in [4.78, 5) is 0. The number of hydrogen-bond acceptors (Lipinski definition) is 2. The molecule has 0 aliphatic rings. The average molecular weight is 216 g/mol. The van der Waals surface area contributed by atoms with Gasteiger partial charge in [0.05, 0.1) is 6.10 Å².